The van der Waals surface area contributed by atoms with Gasteiger partial charge in [0.15, 0.2) is 17.3 Å². The molecule has 1 aliphatic carbocycles. The van der Waals surface area contributed by atoms with Gasteiger partial charge in [0.1, 0.15) is 0 Å². The van der Waals surface area contributed by atoms with Crippen molar-refractivity contribution in [3.63, 3.8) is 0 Å². The van der Waals surface area contributed by atoms with Crippen LogP contribution in [0.2, 0.25) is 10.0 Å². The maximum Gasteiger partial charge on any atom is 0.417 e. The van der Waals surface area contributed by atoms with Crippen molar-refractivity contribution < 1.29 is 32.6 Å². The summed E-state index contributed by atoms with van der Waals surface area (Å²) in [6.45, 7) is 3.95. The number of aromatic hydroxyl groups is 1. The summed E-state index contributed by atoms with van der Waals surface area (Å²) in [4.78, 5) is 32.6. The number of phenolic OH excluding ortho intramolecular Hbond substituents is 1. The van der Waals surface area contributed by atoms with Crippen LogP contribution in [0.5, 0.6) is 11.5 Å². The van der Waals surface area contributed by atoms with Gasteiger partial charge in [0.2, 0.25) is 0 Å². The highest BCUT2D eigenvalue weighted by Crippen LogP contribution is 2.60. The highest BCUT2D eigenvalue weighted by molar-refractivity contribution is 9.13. The Balaban J connectivity index is 1.74. The van der Waals surface area contributed by atoms with Gasteiger partial charge in [-0.15, -0.1) is 0 Å². The topological polar surface area (TPSA) is 91.8 Å². The van der Waals surface area contributed by atoms with Crippen LogP contribution in [0.15, 0.2) is 75.8 Å². The molecule has 5 rings (SSSR count). The van der Waals surface area contributed by atoms with Gasteiger partial charge in [0.05, 0.1) is 33.5 Å². The van der Waals surface area contributed by atoms with Crippen LogP contribution in [0.1, 0.15) is 29.0 Å². The standard InChI is InChI=1S/C29H20Br2Cl2F3N3O4/c1-3-13-4-9-18-26(41)39(38-25-19(33)10-15(12-37-25)29(34,35)36)27(42)28(18,14-5-7-16(32)8-6-14)21(13)17-11-20(43-2)24(40)23(31)22(17)30/h3-8,10-12,18,21,40H,1,9H2,2H3,(H,37,38). The number of hydrogen-bond donors (Lipinski definition) is 2. The number of phenols is 1. The fourth-order valence-corrected chi connectivity index (χ4v) is 7.03. The number of aromatic nitrogens is 1. The molecule has 0 spiro atoms. The Morgan fingerprint density at radius 3 is 2.44 bits per heavy atom. The van der Waals surface area contributed by atoms with E-state index in [1.54, 1.807) is 42.5 Å². The molecule has 2 aliphatic rings. The van der Waals surface area contributed by atoms with Gasteiger partial charge in [0, 0.05) is 21.6 Å². The first-order chi connectivity index (χ1) is 20.3. The van der Waals surface area contributed by atoms with E-state index in [1.807, 2.05) is 0 Å². The van der Waals surface area contributed by atoms with Crippen LogP contribution in [0, 0.1) is 5.92 Å². The van der Waals surface area contributed by atoms with Gasteiger partial charge in [-0.2, -0.15) is 18.2 Å². The molecule has 2 N–H and O–H groups in total. The van der Waals surface area contributed by atoms with Gasteiger partial charge in [-0.3, -0.25) is 15.0 Å². The summed E-state index contributed by atoms with van der Waals surface area (Å²) in [5.74, 6) is -3.61. The number of hydrogen-bond acceptors (Lipinski definition) is 6. The monoisotopic (exact) mass is 759 g/mol. The molecule has 2 heterocycles. The predicted molar refractivity (Wildman–Crippen MR) is 162 cm³/mol. The molecule has 3 unspecified atom stereocenters. The van der Waals surface area contributed by atoms with Gasteiger partial charge in [-0.25, -0.2) is 4.98 Å². The lowest BCUT2D eigenvalue weighted by Crippen LogP contribution is -2.48. The molecule has 0 radical (unpaired) electrons. The van der Waals surface area contributed by atoms with Crippen LogP contribution in [0.3, 0.4) is 0 Å². The summed E-state index contributed by atoms with van der Waals surface area (Å²) < 4.78 is 45.7. The molecule has 0 bridgehead atoms. The van der Waals surface area contributed by atoms with Crippen LogP contribution in [-0.2, 0) is 21.2 Å². The molecule has 14 heteroatoms. The number of allylic oxidation sites excluding steroid dienone is 3. The van der Waals surface area contributed by atoms with Crippen LogP contribution in [0.4, 0.5) is 19.0 Å². The zero-order valence-corrected chi connectivity index (χ0v) is 26.7. The van der Waals surface area contributed by atoms with Crippen LogP contribution in [0.25, 0.3) is 0 Å². The molecule has 7 nitrogen and oxygen atoms in total. The Morgan fingerprint density at radius 2 is 1.86 bits per heavy atom. The molecule has 3 aromatic rings. The number of ether oxygens (including phenoxy) is 1. The van der Waals surface area contributed by atoms with Gasteiger partial charge < -0.3 is 9.84 Å². The number of alkyl halides is 3. The number of nitrogens with zero attached hydrogens (tertiary/aromatic N) is 2. The third kappa shape index (κ3) is 5.01. The first-order valence-corrected chi connectivity index (χ1v) is 14.8. The molecule has 1 aliphatic heterocycles. The van der Waals surface area contributed by atoms with Gasteiger partial charge in [-0.05, 0) is 79.2 Å². The third-order valence-corrected chi connectivity index (χ3v) is 10.4. The summed E-state index contributed by atoms with van der Waals surface area (Å²) in [7, 11) is 1.37. The fourth-order valence-electron chi connectivity index (χ4n) is 5.74. The second-order valence-corrected chi connectivity index (χ2v) is 12.2. The van der Waals surface area contributed by atoms with E-state index in [1.165, 1.54) is 7.11 Å². The second-order valence-electron chi connectivity index (χ2n) is 9.79. The summed E-state index contributed by atoms with van der Waals surface area (Å²) in [6, 6.07) is 8.70. The number of nitrogens with one attached hydrogen (secondary N) is 1. The maximum absolute atomic E-state index is 14.8. The van der Waals surface area contributed by atoms with Crippen molar-refractivity contribution in [3.05, 3.63) is 103 Å². The highest BCUT2D eigenvalue weighted by atomic mass is 79.9. The Hall–Kier alpha value is -3.06. The van der Waals surface area contributed by atoms with E-state index in [0.29, 0.717) is 38.5 Å². The number of pyridine rings is 1. The molecule has 1 fully saturated rings. The molecular weight excluding hydrogens is 742 g/mol. The van der Waals surface area contributed by atoms with Gasteiger partial charge in [0.25, 0.3) is 11.8 Å². The Morgan fingerprint density at radius 1 is 1.19 bits per heavy atom. The average molecular weight is 762 g/mol. The van der Waals surface area contributed by atoms with Crippen molar-refractivity contribution in [2.24, 2.45) is 5.92 Å². The van der Waals surface area contributed by atoms with E-state index in [2.05, 4.69) is 48.8 Å². The SMILES string of the molecule is C=CC1=CCC2C(=O)N(Nc3ncc(C(F)(F)F)cc3Cl)C(=O)C2(c2ccc(Cl)cc2)C1c1cc(OC)c(O)c(Br)c1Br. The van der Waals surface area contributed by atoms with E-state index < -0.39 is 45.8 Å². The van der Waals surface area contributed by atoms with Crippen molar-refractivity contribution >= 4 is 72.7 Å². The minimum atomic E-state index is -4.70. The lowest BCUT2D eigenvalue weighted by atomic mass is 9.56. The second kappa shape index (κ2) is 11.5. The van der Waals surface area contributed by atoms with Crippen LogP contribution < -0.4 is 10.2 Å². The Labute approximate surface area is 270 Å². The molecular formula is C29H20Br2Cl2F3N3O4. The van der Waals surface area contributed by atoms with E-state index >= 15 is 0 Å². The average Bonchev–Trinajstić information content (AvgIpc) is 3.18. The molecule has 224 valence electrons. The molecule has 43 heavy (non-hydrogen) atoms. The minimum absolute atomic E-state index is 0.106. The number of rotatable bonds is 6. The Bertz CT molecular complexity index is 1700. The van der Waals surface area contributed by atoms with Gasteiger partial charge in [-0.1, -0.05) is 54.1 Å². The van der Waals surface area contributed by atoms with E-state index in [-0.39, 0.29) is 28.2 Å². The van der Waals surface area contributed by atoms with Crippen molar-refractivity contribution in [3.8, 4) is 11.5 Å². The van der Waals surface area contributed by atoms with E-state index in [4.69, 9.17) is 27.9 Å². The van der Waals surface area contributed by atoms with E-state index in [9.17, 15) is 27.9 Å². The highest BCUT2D eigenvalue weighted by Gasteiger charge is 2.66. The molecule has 1 aromatic heterocycles. The lowest BCUT2D eigenvalue weighted by molar-refractivity contribution is -0.139. The normalized spacial score (nSPS) is 21.9. The zero-order valence-electron chi connectivity index (χ0n) is 22.0. The number of fused-ring (bicyclic) bond motifs is 1. The van der Waals surface area contributed by atoms with Crippen LogP contribution in [-0.4, -0.2) is 34.0 Å². The predicted octanol–water partition coefficient (Wildman–Crippen LogP) is 8.20. The summed E-state index contributed by atoms with van der Waals surface area (Å²) in [6.07, 6.45) is -0.631. The molecule has 1 saturated heterocycles. The zero-order chi connectivity index (χ0) is 31.4. The third-order valence-electron chi connectivity index (χ3n) is 7.65. The number of carbonyl (C=O) groups excluding carboxylic acids is 2. The van der Waals surface area contributed by atoms with Crippen molar-refractivity contribution in [1.29, 1.82) is 0 Å². The summed E-state index contributed by atoms with van der Waals surface area (Å²) >= 11 is 19.2. The first-order valence-electron chi connectivity index (χ1n) is 12.5. The van der Waals surface area contributed by atoms with Crippen molar-refractivity contribution in [2.45, 2.75) is 23.9 Å². The number of halogens is 7. The quantitative estimate of drug-likeness (QED) is 0.246. The molecule has 3 atom stereocenters. The molecule has 2 amide bonds. The number of amides is 2. The maximum atomic E-state index is 14.8. The van der Waals surface area contributed by atoms with Crippen molar-refractivity contribution in [2.75, 3.05) is 12.5 Å². The number of anilines is 1. The first kappa shape index (κ1) is 31.4. The largest absolute Gasteiger partial charge is 0.503 e. The van der Waals surface area contributed by atoms with E-state index in [0.717, 1.165) is 5.01 Å². The smallest absolute Gasteiger partial charge is 0.417 e. The Kier molecular flexibility index (Phi) is 8.36. The number of carbonyl (C=O) groups is 2. The fraction of sp³-hybridized carbons (Fsp3) is 0.207. The van der Waals surface area contributed by atoms with Crippen molar-refractivity contribution in [1.82, 2.24) is 9.99 Å². The lowest BCUT2D eigenvalue weighted by Gasteiger charge is -2.43. The van der Waals surface area contributed by atoms with Gasteiger partial charge >= 0.3 is 6.18 Å². The number of methoxy groups -OCH3 is 1. The minimum Gasteiger partial charge on any atom is -0.503 e. The van der Waals surface area contributed by atoms with Crippen LogP contribution >= 0.6 is 55.1 Å². The number of hydrazine groups is 1. The summed E-state index contributed by atoms with van der Waals surface area (Å²) in [5.41, 5.74) is 1.41. The molecule has 2 aromatic carbocycles. The number of benzene rings is 2. The number of imide groups is 1. The summed E-state index contributed by atoms with van der Waals surface area (Å²) in [5, 5.41) is 11.3. The molecule has 0 saturated carbocycles.